The third-order valence-electron chi connectivity index (χ3n) is 3.22. The van der Waals surface area contributed by atoms with Gasteiger partial charge in [-0.05, 0) is 23.6 Å². The van der Waals surface area contributed by atoms with Gasteiger partial charge in [-0.2, -0.15) is 0 Å². The molecule has 0 bridgehead atoms. The maximum Gasteiger partial charge on any atom is 0.0359 e. The van der Waals surface area contributed by atoms with Gasteiger partial charge in [0.15, 0.2) is 0 Å². The van der Waals surface area contributed by atoms with Crippen LogP contribution in [0.15, 0.2) is 18.2 Å². The number of hydrogen-bond acceptors (Lipinski definition) is 3. The monoisotopic (exact) mass is 219 g/mol. The lowest BCUT2D eigenvalue weighted by molar-refractivity contribution is 0.233. The Bertz CT molecular complexity index is 343. The van der Waals surface area contributed by atoms with Crippen LogP contribution in [0.5, 0.6) is 0 Å². The first-order valence-electron chi connectivity index (χ1n) is 6.10. The van der Waals surface area contributed by atoms with Crippen molar-refractivity contribution in [3.63, 3.8) is 0 Å². The van der Waals surface area contributed by atoms with Gasteiger partial charge in [-0.25, -0.2) is 0 Å². The fourth-order valence-electron chi connectivity index (χ4n) is 2.13. The summed E-state index contributed by atoms with van der Waals surface area (Å²) in [5, 5.41) is 3.36. The molecule has 88 valence electrons. The van der Waals surface area contributed by atoms with Crippen LogP contribution in [0.2, 0.25) is 0 Å². The molecular formula is C13H21N3. The van der Waals surface area contributed by atoms with Crippen molar-refractivity contribution < 1.29 is 0 Å². The number of piperazine rings is 1. The van der Waals surface area contributed by atoms with Crippen molar-refractivity contribution in [3.8, 4) is 0 Å². The first-order chi connectivity index (χ1) is 7.79. The number of aryl methyl sites for hydroxylation is 1. The van der Waals surface area contributed by atoms with E-state index in [0.717, 1.165) is 44.8 Å². The smallest absolute Gasteiger partial charge is 0.0359 e. The Balaban J connectivity index is 2.06. The van der Waals surface area contributed by atoms with Gasteiger partial charge >= 0.3 is 0 Å². The third kappa shape index (κ3) is 2.74. The Morgan fingerprint density at radius 1 is 1.31 bits per heavy atom. The summed E-state index contributed by atoms with van der Waals surface area (Å²) < 4.78 is 0. The van der Waals surface area contributed by atoms with E-state index in [4.69, 9.17) is 5.73 Å². The Labute approximate surface area is 97.6 Å². The van der Waals surface area contributed by atoms with E-state index in [9.17, 15) is 0 Å². The van der Waals surface area contributed by atoms with E-state index < -0.39 is 0 Å². The number of nitrogens with one attached hydrogen (secondary N) is 1. The lowest BCUT2D eigenvalue weighted by atomic mass is 10.1. The minimum Gasteiger partial charge on any atom is -0.398 e. The number of benzene rings is 1. The molecule has 3 heteroatoms. The summed E-state index contributed by atoms with van der Waals surface area (Å²) in [5.74, 6) is 0. The zero-order chi connectivity index (χ0) is 11.4. The standard InChI is InChI=1S/C13H21N3/c1-2-11-3-4-13(14)12(9-11)10-16-7-5-15-6-8-16/h3-4,9,15H,2,5-8,10,14H2,1H3. The Kier molecular flexibility index (Phi) is 3.80. The molecule has 3 N–H and O–H groups in total. The van der Waals surface area contributed by atoms with Crippen LogP contribution < -0.4 is 11.1 Å². The quantitative estimate of drug-likeness (QED) is 0.751. The average Bonchev–Trinajstić information content (AvgIpc) is 2.33. The third-order valence-corrected chi connectivity index (χ3v) is 3.22. The minimum absolute atomic E-state index is 0.927. The normalized spacial score (nSPS) is 17.6. The first kappa shape index (κ1) is 11.4. The van der Waals surface area contributed by atoms with Crippen molar-refractivity contribution in [1.82, 2.24) is 10.2 Å². The molecular weight excluding hydrogens is 198 g/mol. The van der Waals surface area contributed by atoms with E-state index in [1.807, 2.05) is 6.07 Å². The fraction of sp³-hybridized carbons (Fsp3) is 0.538. The maximum absolute atomic E-state index is 6.02. The van der Waals surface area contributed by atoms with Crippen LogP contribution in [0.4, 0.5) is 5.69 Å². The summed E-state index contributed by atoms with van der Waals surface area (Å²) in [6.45, 7) is 7.59. The highest BCUT2D eigenvalue weighted by Crippen LogP contribution is 2.17. The summed E-state index contributed by atoms with van der Waals surface area (Å²) in [6.07, 6.45) is 1.08. The molecule has 0 atom stereocenters. The molecule has 1 aromatic carbocycles. The van der Waals surface area contributed by atoms with Crippen LogP contribution in [0, 0.1) is 0 Å². The lowest BCUT2D eigenvalue weighted by Gasteiger charge is -2.27. The molecule has 1 heterocycles. The molecule has 0 radical (unpaired) electrons. The molecule has 0 amide bonds. The summed E-state index contributed by atoms with van der Waals surface area (Å²) >= 11 is 0. The molecule has 0 aliphatic carbocycles. The lowest BCUT2D eigenvalue weighted by Crippen LogP contribution is -2.43. The highest BCUT2D eigenvalue weighted by atomic mass is 15.2. The Morgan fingerprint density at radius 3 is 2.75 bits per heavy atom. The van der Waals surface area contributed by atoms with E-state index in [2.05, 4.69) is 29.3 Å². The summed E-state index contributed by atoms with van der Waals surface area (Å²) in [5.41, 5.74) is 9.60. The summed E-state index contributed by atoms with van der Waals surface area (Å²) in [4.78, 5) is 2.46. The number of nitrogen functional groups attached to an aromatic ring is 1. The molecule has 16 heavy (non-hydrogen) atoms. The van der Waals surface area contributed by atoms with E-state index in [-0.39, 0.29) is 0 Å². The van der Waals surface area contributed by atoms with E-state index >= 15 is 0 Å². The first-order valence-corrected chi connectivity index (χ1v) is 6.10. The van der Waals surface area contributed by atoms with Gasteiger partial charge < -0.3 is 11.1 Å². The number of anilines is 1. The summed E-state index contributed by atoms with van der Waals surface area (Å²) in [6, 6.07) is 6.41. The summed E-state index contributed by atoms with van der Waals surface area (Å²) in [7, 11) is 0. The van der Waals surface area contributed by atoms with Gasteiger partial charge in [0.25, 0.3) is 0 Å². The molecule has 0 unspecified atom stereocenters. The van der Waals surface area contributed by atoms with Gasteiger partial charge in [0.1, 0.15) is 0 Å². The van der Waals surface area contributed by atoms with Gasteiger partial charge in [-0.15, -0.1) is 0 Å². The zero-order valence-corrected chi connectivity index (χ0v) is 10.00. The molecule has 0 spiro atoms. The predicted octanol–water partition coefficient (Wildman–Crippen LogP) is 1.24. The van der Waals surface area contributed by atoms with Crippen molar-refractivity contribution >= 4 is 5.69 Å². The van der Waals surface area contributed by atoms with Crippen LogP contribution in [0.25, 0.3) is 0 Å². The molecule has 0 aromatic heterocycles. The Hall–Kier alpha value is -1.06. The molecule has 1 aromatic rings. The van der Waals surface area contributed by atoms with Crippen molar-refractivity contribution in [2.24, 2.45) is 0 Å². The van der Waals surface area contributed by atoms with Crippen LogP contribution in [-0.2, 0) is 13.0 Å². The van der Waals surface area contributed by atoms with Gasteiger partial charge in [0, 0.05) is 38.4 Å². The van der Waals surface area contributed by atoms with Crippen LogP contribution in [0.3, 0.4) is 0 Å². The highest BCUT2D eigenvalue weighted by Gasteiger charge is 2.11. The fourth-order valence-corrected chi connectivity index (χ4v) is 2.13. The van der Waals surface area contributed by atoms with Crippen molar-refractivity contribution in [2.75, 3.05) is 31.9 Å². The largest absolute Gasteiger partial charge is 0.398 e. The van der Waals surface area contributed by atoms with Crippen molar-refractivity contribution in [1.29, 1.82) is 0 Å². The van der Waals surface area contributed by atoms with Crippen molar-refractivity contribution in [3.05, 3.63) is 29.3 Å². The van der Waals surface area contributed by atoms with E-state index in [0.29, 0.717) is 0 Å². The Morgan fingerprint density at radius 2 is 2.06 bits per heavy atom. The van der Waals surface area contributed by atoms with E-state index in [1.165, 1.54) is 11.1 Å². The molecule has 1 saturated heterocycles. The SMILES string of the molecule is CCc1ccc(N)c(CN2CCNCC2)c1. The molecule has 1 aliphatic heterocycles. The second kappa shape index (κ2) is 5.32. The zero-order valence-electron chi connectivity index (χ0n) is 10.00. The maximum atomic E-state index is 6.02. The number of hydrogen-bond donors (Lipinski definition) is 2. The van der Waals surface area contributed by atoms with Crippen LogP contribution in [0.1, 0.15) is 18.1 Å². The van der Waals surface area contributed by atoms with Crippen LogP contribution in [-0.4, -0.2) is 31.1 Å². The van der Waals surface area contributed by atoms with E-state index in [1.54, 1.807) is 0 Å². The highest BCUT2D eigenvalue weighted by molar-refractivity contribution is 5.48. The van der Waals surface area contributed by atoms with Gasteiger partial charge in [0.05, 0.1) is 0 Å². The second-order valence-electron chi connectivity index (χ2n) is 4.41. The molecule has 1 aliphatic rings. The average molecular weight is 219 g/mol. The predicted molar refractivity (Wildman–Crippen MR) is 68.4 cm³/mol. The van der Waals surface area contributed by atoms with Gasteiger partial charge in [0.2, 0.25) is 0 Å². The number of nitrogens with two attached hydrogens (primary N) is 1. The molecule has 0 saturated carbocycles. The second-order valence-corrected chi connectivity index (χ2v) is 4.41. The van der Waals surface area contributed by atoms with Crippen molar-refractivity contribution in [2.45, 2.75) is 19.9 Å². The number of rotatable bonds is 3. The molecule has 3 nitrogen and oxygen atoms in total. The van der Waals surface area contributed by atoms with Gasteiger partial charge in [-0.1, -0.05) is 19.1 Å². The molecule has 1 fully saturated rings. The molecule has 2 rings (SSSR count). The minimum atomic E-state index is 0.927. The van der Waals surface area contributed by atoms with Crippen LogP contribution >= 0.6 is 0 Å². The number of nitrogens with zero attached hydrogens (tertiary/aromatic N) is 1. The van der Waals surface area contributed by atoms with Gasteiger partial charge in [-0.3, -0.25) is 4.90 Å². The topological polar surface area (TPSA) is 41.3 Å².